The third-order valence-electron chi connectivity index (χ3n) is 4.99. The van der Waals surface area contributed by atoms with Crippen molar-refractivity contribution in [1.82, 2.24) is 10.7 Å². The predicted molar refractivity (Wildman–Crippen MR) is 84.2 cm³/mol. The van der Waals surface area contributed by atoms with E-state index in [2.05, 4.69) is 34.9 Å². The smallest absolute Gasteiger partial charge is 0.262 e. The summed E-state index contributed by atoms with van der Waals surface area (Å²) in [6.45, 7) is 6.69. The topological polar surface area (TPSA) is 66.0 Å². The summed E-state index contributed by atoms with van der Waals surface area (Å²) >= 11 is 0. The summed E-state index contributed by atoms with van der Waals surface area (Å²) in [6, 6.07) is 6.04. The molecule has 1 aromatic rings. The van der Waals surface area contributed by atoms with E-state index in [1.165, 1.54) is 5.56 Å². The van der Waals surface area contributed by atoms with Crippen molar-refractivity contribution >= 4 is 17.4 Å². The van der Waals surface area contributed by atoms with Gasteiger partial charge in [-0.15, -0.1) is 0 Å². The van der Waals surface area contributed by atoms with Crippen molar-refractivity contribution in [2.45, 2.75) is 25.8 Å². The van der Waals surface area contributed by atoms with Crippen molar-refractivity contribution in [2.75, 3.05) is 24.6 Å². The number of ether oxygens (including phenoxy) is 1. The molecule has 0 saturated carbocycles. The number of hydrogen-bond acceptors (Lipinski definition) is 5. The molecule has 0 spiro atoms. The van der Waals surface area contributed by atoms with Crippen LogP contribution in [0.25, 0.3) is 0 Å². The third kappa shape index (κ3) is 1.98. The highest BCUT2D eigenvalue weighted by atomic mass is 16.5. The Balaban J connectivity index is 1.73. The van der Waals surface area contributed by atoms with Crippen LogP contribution in [0.15, 0.2) is 23.3 Å². The molecule has 2 unspecified atom stereocenters. The van der Waals surface area contributed by atoms with Crippen molar-refractivity contribution in [2.24, 2.45) is 11.0 Å². The fourth-order valence-corrected chi connectivity index (χ4v) is 3.26. The van der Waals surface area contributed by atoms with E-state index < -0.39 is 0 Å². The van der Waals surface area contributed by atoms with E-state index in [0.717, 1.165) is 30.4 Å². The fraction of sp³-hybridized carbons (Fsp3) is 0.500. The van der Waals surface area contributed by atoms with Crippen molar-refractivity contribution in [3.05, 3.63) is 23.8 Å². The van der Waals surface area contributed by atoms with Crippen molar-refractivity contribution < 1.29 is 9.53 Å². The van der Waals surface area contributed by atoms with Crippen LogP contribution in [0.2, 0.25) is 0 Å². The zero-order chi connectivity index (χ0) is 15.3. The van der Waals surface area contributed by atoms with Crippen LogP contribution in [-0.2, 0) is 4.79 Å². The lowest BCUT2D eigenvalue weighted by molar-refractivity contribution is -0.122. The van der Waals surface area contributed by atoms with Crippen molar-refractivity contribution in [3.63, 3.8) is 0 Å². The molecule has 116 valence electrons. The summed E-state index contributed by atoms with van der Waals surface area (Å²) in [5.74, 6) is 2.66. The number of rotatable bonds is 2. The summed E-state index contributed by atoms with van der Waals surface area (Å²) in [6.07, 6.45) is 0. The summed E-state index contributed by atoms with van der Waals surface area (Å²) in [7, 11) is 0. The molecule has 6 nitrogen and oxygen atoms in total. The van der Waals surface area contributed by atoms with E-state index in [9.17, 15) is 4.79 Å². The Morgan fingerprint density at radius 3 is 2.95 bits per heavy atom. The number of carbonyl (C=O) groups is 1. The van der Waals surface area contributed by atoms with Crippen LogP contribution in [0.3, 0.4) is 0 Å². The Kier molecular flexibility index (Phi) is 3.07. The number of nitrogens with zero attached hydrogens (tertiary/aromatic N) is 2. The van der Waals surface area contributed by atoms with Crippen LogP contribution in [0.5, 0.6) is 5.75 Å². The summed E-state index contributed by atoms with van der Waals surface area (Å²) in [5, 5.41) is 7.45. The fourth-order valence-electron chi connectivity index (χ4n) is 3.26. The van der Waals surface area contributed by atoms with E-state index in [-0.39, 0.29) is 11.9 Å². The van der Waals surface area contributed by atoms with Gasteiger partial charge in [0.05, 0.1) is 5.69 Å². The highest BCUT2D eigenvalue weighted by Crippen LogP contribution is 2.38. The molecular weight excluding hydrogens is 280 g/mol. The van der Waals surface area contributed by atoms with E-state index in [4.69, 9.17) is 4.74 Å². The number of nitrogens with one attached hydrogen (secondary N) is 2. The van der Waals surface area contributed by atoms with E-state index in [1.54, 1.807) is 0 Å². The first kappa shape index (κ1) is 13.6. The SMILES string of the molecule is CC(c1ccc2c(c1)N1C(=NNC(=O)C1C)CO2)C1CNC1. The lowest BCUT2D eigenvalue weighted by Gasteiger charge is -2.39. The number of hydrogen-bond donors (Lipinski definition) is 2. The molecule has 1 aromatic carbocycles. The van der Waals surface area contributed by atoms with Gasteiger partial charge in [0.2, 0.25) is 0 Å². The quantitative estimate of drug-likeness (QED) is 0.856. The highest BCUT2D eigenvalue weighted by molar-refractivity contribution is 6.09. The predicted octanol–water partition coefficient (Wildman–Crippen LogP) is 1.04. The van der Waals surface area contributed by atoms with Gasteiger partial charge < -0.3 is 15.0 Å². The maximum atomic E-state index is 11.9. The first-order chi connectivity index (χ1) is 10.6. The Hall–Kier alpha value is -2.08. The molecule has 0 aromatic heterocycles. The van der Waals surface area contributed by atoms with Crippen LogP contribution in [0, 0.1) is 5.92 Å². The molecule has 1 saturated heterocycles. The Bertz CT molecular complexity index is 654. The van der Waals surface area contributed by atoms with Gasteiger partial charge in [0, 0.05) is 0 Å². The number of benzene rings is 1. The largest absolute Gasteiger partial charge is 0.483 e. The molecule has 0 aliphatic carbocycles. The first-order valence-electron chi connectivity index (χ1n) is 7.78. The van der Waals surface area contributed by atoms with Gasteiger partial charge >= 0.3 is 0 Å². The van der Waals surface area contributed by atoms with Gasteiger partial charge in [-0.1, -0.05) is 13.0 Å². The van der Waals surface area contributed by atoms with E-state index >= 15 is 0 Å². The third-order valence-corrected chi connectivity index (χ3v) is 4.99. The molecule has 2 N–H and O–H groups in total. The average molecular weight is 300 g/mol. The zero-order valence-corrected chi connectivity index (χ0v) is 12.8. The molecular formula is C16H20N4O2. The molecule has 4 rings (SSSR count). The minimum absolute atomic E-state index is 0.0850. The van der Waals surface area contributed by atoms with Gasteiger partial charge in [-0.05, 0) is 49.5 Å². The standard InChI is InChI=1S/C16H20N4O2/c1-9(12-6-17-7-12)11-3-4-14-13(5-11)20-10(2)16(21)19-18-15(20)8-22-14/h3-5,9-10,12,17H,6-8H2,1-2H3,(H,19,21). The maximum absolute atomic E-state index is 11.9. The Morgan fingerprint density at radius 2 is 2.23 bits per heavy atom. The normalized spacial score (nSPS) is 25.2. The summed E-state index contributed by atoms with van der Waals surface area (Å²) in [4.78, 5) is 13.9. The van der Waals surface area contributed by atoms with Gasteiger partial charge in [0.25, 0.3) is 5.91 Å². The molecule has 6 heteroatoms. The van der Waals surface area contributed by atoms with Gasteiger partial charge in [-0.25, -0.2) is 5.43 Å². The minimum Gasteiger partial charge on any atom is -0.483 e. The van der Waals surface area contributed by atoms with Gasteiger partial charge in [0.1, 0.15) is 18.4 Å². The van der Waals surface area contributed by atoms with Crippen LogP contribution in [0.1, 0.15) is 25.3 Å². The van der Waals surface area contributed by atoms with E-state index in [1.807, 2.05) is 17.9 Å². The monoisotopic (exact) mass is 300 g/mol. The Labute approximate surface area is 129 Å². The number of amidine groups is 1. The Morgan fingerprint density at radius 1 is 1.41 bits per heavy atom. The minimum atomic E-state index is -0.272. The van der Waals surface area contributed by atoms with E-state index in [0.29, 0.717) is 18.4 Å². The first-order valence-corrected chi connectivity index (χ1v) is 7.78. The summed E-state index contributed by atoms with van der Waals surface area (Å²) < 4.78 is 5.78. The van der Waals surface area contributed by atoms with Crippen LogP contribution >= 0.6 is 0 Å². The zero-order valence-electron chi connectivity index (χ0n) is 12.8. The number of hydrazone groups is 1. The molecule has 1 fully saturated rings. The number of fused-ring (bicyclic) bond motifs is 3. The molecule has 3 aliphatic heterocycles. The number of anilines is 1. The molecule has 2 atom stereocenters. The van der Waals surface area contributed by atoms with Crippen LogP contribution in [-0.4, -0.2) is 37.5 Å². The lowest BCUT2D eigenvalue weighted by Crippen LogP contribution is -2.55. The average Bonchev–Trinajstić information content (AvgIpc) is 2.48. The van der Waals surface area contributed by atoms with Gasteiger partial charge in [-0.3, -0.25) is 4.79 Å². The van der Waals surface area contributed by atoms with Gasteiger partial charge in [-0.2, -0.15) is 5.10 Å². The highest BCUT2D eigenvalue weighted by Gasteiger charge is 2.35. The van der Waals surface area contributed by atoms with Crippen molar-refractivity contribution in [3.8, 4) is 5.75 Å². The molecule has 3 aliphatic rings. The second-order valence-electron chi connectivity index (χ2n) is 6.27. The number of carbonyl (C=O) groups excluding carboxylic acids is 1. The molecule has 0 radical (unpaired) electrons. The maximum Gasteiger partial charge on any atom is 0.262 e. The second kappa shape index (κ2) is 4.98. The molecule has 3 heterocycles. The lowest BCUT2D eigenvalue weighted by atomic mass is 9.83. The van der Waals surface area contributed by atoms with Gasteiger partial charge in [0.15, 0.2) is 5.84 Å². The molecule has 1 amide bonds. The second-order valence-corrected chi connectivity index (χ2v) is 6.27. The van der Waals surface area contributed by atoms with Crippen LogP contribution < -0.4 is 20.4 Å². The number of amides is 1. The molecule has 22 heavy (non-hydrogen) atoms. The van der Waals surface area contributed by atoms with Crippen LogP contribution in [0.4, 0.5) is 5.69 Å². The molecule has 0 bridgehead atoms. The summed E-state index contributed by atoms with van der Waals surface area (Å²) in [5.41, 5.74) is 4.79. The van der Waals surface area contributed by atoms with Crippen molar-refractivity contribution in [1.29, 1.82) is 0 Å².